The first-order chi connectivity index (χ1) is 12.5. The third-order valence-corrected chi connectivity index (χ3v) is 4.98. The maximum absolute atomic E-state index is 12.5. The minimum absolute atomic E-state index is 0.127. The number of benzene rings is 1. The van der Waals surface area contributed by atoms with E-state index in [1.54, 1.807) is 24.3 Å². The van der Waals surface area contributed by atoms with Gasteiger partial charge in [-0.25, -0.2) is 9.97 Å². The summed E-state index contributed by atoms with van der Waals surface area (Å²) in [4.78, 5) is 20.4. The Hall–Kier alpha value is -1.89. The lowest BCUT2D eigenvalue weighted by Crippen LogP contribution is -2.44. The highest BCUT2D eigenvalue weighted by Gasteiger charge is 2.29. The number of amides is 1. The molecule has 26 heavy (non-hydrogen) atoms. The standard InChI is InChI=1S/C18H20Cl2N4O2/c19-14-5-4-12(23-15-6-9-21-17(20)24-15)10-13(14)16(25)22-11-18(26)7-2-1-3-8-18/h4-6,9-10,26H,1-3,7-8,11H2,(H,22,25)(H,21,23,24). The molecule has 3 N–H and O–H groups in total. The van der Waals surface area contributed by atoms with E-state index in [9.17, 15) is 9.90 Å². The molecular weight excluding hydrogens is 375 g/mol. The average Bonchev–Trinajstić information content (AvgIpc) is 2.62. The van der Waals surface area contributed by atoms with Crippen LogP contribution in [0.3, 0.4) is 0 Å². The SMILES string of the molecule is O=C(NCC1(O)CCCCC1)c1cc(Nc2ccnc(Cl)n2)ccc1Cl. The first-order valence-electron chi connectivity index (χ1n) is 8.51. The molecule has 6 nitrogen and oxygen atoms in total. The minimum Gasteiger partial charge on any atom is -0.388 e. The highest BCUT2D eigenvalue weighted by atomic mass is 35.5. The van der Waals surface area contributed by atoms with Gasteiger partial charge in [0.15, 0.2) is 0 Å². The van der Waals surface area contributed by atoms with E-state index in [1.807, 2.05) is 0 Å². The maximum atomic E-state index is 12.5. The van der Waals surface area contributed by atoms with Crippen molar-refractivity contribution in [2.75, 3.05) is 11.9 Å². The Morgan fingerprint density at radius 3 is 2.69 bits per heavy atom. The summed E-state index contributed by atoms with van der Waals surface area (Å²) in [6.07, 6.45) is 6.03. The van der Waals surface area contributed by atoms with Crippen LogP contribution >= 0.6 is 23.2 Å². The Balaban J connectivity index is 1.69. The quantitative estimate of drug-likeness (QED) is 0.668. The molecule has 1 aromatic carbocycles. The van der Waals surface area contributed by atoms with Crippen LogP contribution in [0.2, 0.25) is 10.3 Å². The van der Waals surface area contributed by atoms with Gasteiger partial charge >= 0.3 is 0 Å². The Labute approximate surface area is 162 Å². The molecule has 0 unspecified atom stereocenters. The van der Waals surface area contributed by atoms with E-state index >= 15 is 0 Å². The summed E-state index contributed by atoms with van der Waals surface area (Å²) < 4.78 is 0. The van der Waals surface area contributed by atoms with Crippen molar-refractivity contribution in [3.63, 3.8) is 0 Å². The van der Waals surface area contributed by atoms with Gasteiger partial charge in [-0.3, -0.25) is 4.79 Å². The van der Waals surface area contributed by atoms with E-state index in [1.165, 1.54) is 6.20 Å². The first-order valence-corrected chi connectivity index (χ1v) is 9.26. The fourth-order valence-corrected chi connectivity index (χ4v) is 3.41. The van der Waals surface area contributed by atoms with Crippen LogP contribution in [0.4, 0.5) is 11.5 Å². The molecule has 3 rings (SSSR count). The molecule has 0 atom stereocenters. The van der Waals surface area contributed by atoms with Crippen LogP contribution in [0.25, 0.3) is 0 Å². The molecule has 1 aliphatic carbocycles. The van der Waals surface area contributed by atoms with Gasteiger partial charge in [-0.15, -0.1) is 0 Å². The van der Waals surface area contributed by atoms with E-state index in [-0.39, 0.29) is 17.7 Å². The molecule has 1 saturated carbocycles. The summed E-state index contributed by atoms with van der Waals surface area (Å²) in [6.45, 7) is 0.224. The molecule has 0 saturated heterocycles. The molecule has 0 radical (unpaired) electrons. The van der Waals surface area contributed by atoms with Crippen LogP contribution in [0, 0.1) is 0 Å². The number of hydrogen-bond acceptors (Lipinski definition) is 5. The van der Waals surface area contributed by atoms with Gasteiger partial charge in [0.25, 0.3) is 5.91 Å². The van der Waals surface area contributed by atoms with Gasteiger partial charge < -0.3 is 15.7 Å². The molecule has 1 aromatic heterocycles. The lowest BCUT2D eigenvalue weighted by atomic mass is 9.85. The Kier molecular flexibility index (Phi) is 5.96. The van der Waals surface area contributed by atoms with Crippen molar-refractivity contribution in [2.24, 2.45) is 0 Å². The predicted molar refractivity (Wildman–Crippen MR) is 102 cm³/mol. The number of nitrogens with zero attached hydrogens (tertiary/aromatic N) is 2. The van der Waals surface area contributed by atoms with Gasteiger partial charge in [0, 0.05) is 18.4 Å². The summed E-state index contributed by atoms with van der Waals surface area (Å²) in [5.41, 5.74) is 0.149. The number of aromatic nitrogens is 2. The van der Waals surface area contributed by atoms with E-state index in [0.717, 1.165) is 19.3 Å². The molecule has 1 heterocycles. The second-order valence-corrected chi connectivity index (χ2v) is 7.24. The second-order valence-electron chi connectivity index (χ2n) is 6.50. The predicted octanol–water partition coefficient (Wildman–Crippen LogP) is 3.95. The van der Waals surface area contributed by atoms with E-state index in [4.69, 9.17) is 23.2 Å². The lowest BCUT2D eigenvalue weighted by Gasteiger charge is -2.32. The number of carbonyl (C=O) groups excluding carboxylic acids is 1. The number of carbonyl (C=O) groups is 1. The normalized spacial score (nSPS) is 16.1. The van der Waals surface area contributed by atoms with Gasteiger partial charge in [-0.05, 0) is 48.7 Å². The highest BCUT2D eigenvalue weighted by Crippen LogP contribution is 2.28. The average molecular weight is 395 g/mol. The van der Waals surface area contributed by atoms with Crippen molar-refractivity contribution in [1.29, 1.82) is 0 Å². The van der Waals surface area contributed by atoms with Crippen molar-refractivity contribution in [3.8, 4) is 0 Å². The van der Waals surface area contributed by atoms with E-state index in [0.29, 0.717) is 34.9 Å². The van der Waals surface area contributed by atoms with Gasteiger partial charge in [0.1, 0.15) is 5.82 Å². The summed E-state index contributed by atoms with van der Waals surface area (Å²) >= 11 is 12.0. The molecule has 1 aliphatic rings. The molecule has 138 valence electrons. The second kappa shape index (κ2) is 8.20. The third-order valence-electron chi connectivity index (χ3n) is 4.47. The topological polar surface area (TPSA) is 87.1 Å². The highest BCUT2D eigenvalue weighted by molar-refractivity contribution is 6.34. The summed E-state index contributed by atoms with van der Waals surface area (Å²) in [5, 5.41) is 16.8. The summed E-state index contributed by atoms with van der Waals surface area (Å²) in [6, 6.07) is 6.68. The Morgan fingerprint density at radius 1 is 1.19 bits per heavy atom. The molecule has 2 aromatic rings. The lowest BCUT2D eigenvalue weighted by molar-refractivity contribution is 0.00526. The summed E-state index contributed by atoms with van der Waals surface area (Å²) in [7, 11) is 0. The fraction of sp³-hybridized carbons (Fsp3) is 0.389. The monoisotopic (exact) mass is 394 g/mol. The third kappa shape index (κ3) is 4.84. The number of aliphatic hydroxyl groups is 1. The van der Waals surface area contributed by atoms with E-state index < -0.39 is 5.60 Å². The van der Waals surface area contributed by atoms with Crippen molar-refractivity contribution >= 4 is 40.6 Å². The van der Waals surface area contributed by atoms with Gasteiger partial charge in [-0.1, -0.05) is 30.9 Å². The smallest absolute Gasteiger partial charge is 0.252 e. The fourth-order valence-electron chi connectivity index (χ4n) is 3.06. The van der Waals surface area contributed by atoms with Crippen LogP contribution in [0.5, 0.6) is 0 Å². The van der Waals surface area contributed by atoms with Crippen LogP contribution < -0.4 is 10.6 Å². The van der Waals surface area contributed by atoms with Crippen molar-refractivity contribution in [1.82, 2.24) is 15.3 Å². The van der Waals surface area contributed by atoms with Crippen LogP contribution in [0.15, 0.2) is 30.5 Å². The molecule has 1 fully saturated rings. The number of hydrogen-bond donors (Lipinski definition) is 3. The minimum atomic E-state index is -0.825. The summed E-state index contributed by atoms with van der Waals surface area (Å²) in [5.74, 6) is 0.188. The van der Waals surface area contributed by atoms with Gasteiger partial charge in [0.05, 0.1) is 16.2 Å². The number of halogens is 2. The largest absolute Gasteiger partial charge is 0.388 e. The van der Waals surface area contributed by atoms with Crippen LogP contribution in [-0.4, -0.2) is 33.1 Å². The number of anilines is 2. The zero-order valence-electron chi connectivity index (χ0n) is 14.1. The number of nitrogens with one attached hydrogen (secondary N) is 2. The zero-order valence-corrected chi connectivity index (χ0v) is 15.6. The van der Waals surface area contributed by atoms with Gasteiger partial charge in [-0.2, -0.15) is 0 Å². The molecular formula is C18H20Cl2N4O2. The Bertz CT molecular complexity index is 795. The van der Waals surface area contributed by atoms with Crippen molar-refractivity contribution < 1.29 is 9.90 Å². The molecule has 0 bridgehead atoms. The van der Waals surface area contributed by atoms with Gasteiger partial charge in [0.2, 0.25) is 5.28 Å². The van der Waals surface area contributed by atoms with Crippen molar-refractivity contribution in [2.45, 2.75) is 37.7 Å². The first kappa shape index (κ1) is 18.9. The van der Waals surface area contributed by atoms with Crippen LogP contribution in [-0.2, 0) is 0 Å². The van der Waals surface area contributed by atoms with Crippen molar-refractivity contribution in [3.05, 3.63) is 46.3 Å². The number of rotatable bonds is 5. The zero-order chi connectivity index (χ0) is 18.6. The molecule has 0 aliphatic heterocycles. The van der Waals surface area contributed by atoms with E-state index in [2.05, 4.69) is 20.6 Å². The molecule has 8 heteroatoms. The maximum Gasteiger partial charge on any atom is 0.252 e. The van der Waals surface area contributed by atoms with Crippen LogP contribution in [0.1, 0.15) is 42.5 Å². The Morgan fingerprint density at radius 2 is 1.96 bits per heavy atom. The molecule has 1 amide bonds. The molecule has 0 spiro atoms.